The lowest BCUT2D eigenvalue weighted by Crippen LogP contribution is -2.62. The summed E-state index contributed by atoms with van der Waals surface area (Å²) in [5, 5.41) is -0.0619. The molecule has 1 saturated heterocycles. The van der Waals surface area contributed by atoms with Crippen molar-refractivity contribution >= 4 is 33.2 Å². The Bertz CT molecular complexity index is 1780. The number of sulfonamides is 1. The molecule has 55 heavy (non-hydrogen) atoms. The Morgan fingerprint density at radius 3 is 2.44 bits per heavy atom. The van der Waals surface area contributed by atoms with Gasteiger partial charge in [0.15, 0.2) is 0 Å². The average Bonchev–Trinajstić information content (AvgIpc) is 3.31. The molecule has 0 radical (unpaired) electrons. The second kappa shape index (κ2) is 17.9. The number of amides is 1. The van der Waals surface area contributed by atoms with Crippen molar-refractivity contribution in [1.82, 2.24) is 14.5 Å². The molecule has 2 bridgehead atoms. The second-order valence-electron chi connectivity index (χ2n) is 16.7. The molecule has 0 aromatic heterocycles. The number of hydrogen-bond acceptors (Lipinski definition) is 9. The molecule has 12 heteroatoms. The lowest BCUT2D eigenvalue weighted by atomic mass is 9.63. The summed E-state index contributed by atoms with van der Waals surface area (Å²) in [6.07, 6.45) is 8.94. The Kier molecular flexibility index (Phi) is 13.6. The zero-order chi connectivity index (χ0) is 39.5. The fraction of sp³-hybridized carbons (Fsp3) is 0.651. The van der Waals surface area contributed by atoms with Crippen LogP contribution in [0.1, 0.15) is 87.7 Å². The van der Waals surface area contributed by atoms with E-state index in [1.807, 2.05) is 32.2 Å². The predicted molar refractivity (Wildman–Crippen MR) is 221 cm³/mol. The topological polar surface area (TPSA) is 101 Å². The summed E-state index contributed by atoms with van der Waals surface area (Å²) in [6.45, 7) is 16.5. The van der Waals surface area contributed by atoms with Crippen LogP contribution in [0, 0.1) is 17.8 Å². The van der Waals surface area contributed by atoms with E-state index < -0.39 is 26.8 Å². The number of rotatable bonds is 9. The summed E-state index contributed by atoms with van der Waals surface area (Å²) in [7, 11) is -0.361. The van der Waals surface area contributed by atoms with Gasteiger partial charge in [-0.3, -0.25) is 14.6 Å². The molecule has 6 rings (SSSR count). The highest BCUT2D eigenvalue weighted by atomic mass is 35.5. The number of aryl methyl sites for hydroxylation is 1. The minimum Gasteiger partial charge on any atom is -0.491 e. The number of fused-ring (bicyclic) bond motifs is 2. The van der Waals surface area contributed by atoms with E-state index >= 15 is 0 Å². The van der Waals surface area contributed by atoms with Gasteiger partial charge in [0.25, 0.3) is 5.91 Å². The lowest BCUT2D eigenvalue weighted by molar-refractivity contribution is -0.103. The first kappa shape index (κ1) is 41.9. The maximum atomic E-state index is 13.6. The van der Waals surface area contributed by atoms with Gasteiger partial charge < -0.3 is 19.1 Å². The smallest absolute Gasteiger partial charge is 0.264 e. The monoisotopic (exact) mass is 798 g/mol. The number of piperazine rings is 1. The summed E-state index contributed by atoms with van der Waals surface area (Å²) in [4.78, 5) is 21.1. The molecule has 304 valence electrons. The molecular weight excluding hydrogens is 736 g/mol. The maximum Gasteiger partial charge on any atom is 0.264 e. The zero-order valence-corrected chi connectivity index (χ0v) is 35.5. The molecule has 3 aliphatic heterocycles. The lowest BCUT2D eigenvalue weighted by Gasteiger charge is -2.53. The third-order valence-electron chi connectivity index (χ3n) is 13.0. The fourth-order valence-electron chi connectivity index (χ4n) is 9.59. The van der Waals surface area contributed by atoms with Crippen LogP contribution in [0.4, 0.5) is 5.69 Å². The average molecular weight is 800 g/mol. The van der Waals surface area contributed by atoms with E-state index in [-0.39, 0.29) is 17.8 Å². The highest BCUT2D eigenvalue weighted by Gasteiger charge is 2.49. The quantitative estimate of drug-likeness (QED) is 0.276. The molecule has 2 aromatic rings. The number of methoxy groups -OCH3 is 2. The van der Waals surface area contributed by atoms with E-state index in [9.17, 15) is 13.2 Å². The third-order valence-corrected chi connectivity index (χ3v) is 15.2. The number of anilines is 1. The van der Waals surface area contributed by atoms with E-state index in [0.717, 1.165) is 69.1 Å². The molecule has 1 saturated carbocycles. The van der Waals surface area contributed by atoms with Crippen LogP contribution in [0.2, 0.25) is 5.02 Å². The van der Waals surface area contributed by atoms with Crippen molar-refractivity contribution < 1.29 is 27.4 Å². The van der Waals surface area contributed by atoms with E-state index in [0.29, 0.717) is 55.5 Å². The maximum absolute atomic E-state index is 13.6. The summed E-state index contributed by atoms with van der Waals surface area (Å²) < 4.78 is 48.4. The number of ether oxygens (including phenoxy) is 3. The summed E-state index contributed by atoms with van der Waals surface area (Å²) in [5.41, 5.74) is 3.00. The van der Waals surface area contributed by atoms with Gasteiger partial charge in [-0.1, -0.05) is 50.1 Å². The largest absolute Gasteiger partial charge is 0.491 e. The Balaban J connectivity index is 1.39. The van der Waals surface area contributed by atoms with Crippen LogP contribution in [0.25, 0.3) is 0 Å². The normalized spacial score (nSPS) is 32.4. The predicted octanol–water partition coefficient (Wildman–Crippen LogP) is 6.77. The minimum atomic E-state index is -3.97. The van der Waals surface area contributed by atoms with E-state index in [1.54, 1.807) is 20.1 Å². The molecule has 1 N–H and O–H groups in total. The molecule has 8 atom stereocenters. The van der Waals surface area contributed by atoms with Crippen molar-refractivity contribution in [2.45, 2.75) is 95.6 Å². The highest BCUT2D eigenvalue weighted by Crippen LogP contribution is 2.47. The first-order valence-corrected chi connectivity index (χ1v) is 22.3. The van der Waals surface area contributed by atoms with Crippen LogP contribution in [-0.4, -0.2) is 114 Å². The van der Waals surface area contributed by atoms with Crippen LogP contribution >= 0.6 is 11.6 Å². The number of carbonyl (C=O) groups is 1. The molecule has 0 unspecified atom stereocenters. The number of nitrogens with one attached hydrogen (secondary N) is 1. The van der Waals surface area contributed by atoms with Gasteiger partial charge in [-0.05, 0) is 106 Å². The van der Waals surface area contributed by atoms with Crippen molar-refractivity contribution in [1.29, 1.82) is 0 Å². The van der Waals surface area contributed by atoms with Crippen molar-refractivity contribution in [3.8, 4) is 5.75 Å². The minimum absolute atomic E-state index is 0.0554. The Morgan fingerprint density at radius 1 is 1.00 bits per heavy atom. The number of benzene rings is 2. The molecule has 0 spiro atoms. The van der Waals surface area contributed by atoms with Gasteiger partial charge >= 0.3 is 0 Å². The van der Waals surface area contributed by atoms with E-state index in [2.05, 4.69) is 64.5 Å². The second-order valence-corrected chi connectivity index (χ2v) is 19.2. The zero-order valence-electron chi connectivity index (χ0n) is 33.9. The first-order valence-electron chi connectivity index (χ1n) is 20.3. The van der Waals surface area contributed by atoms with Crippen molar-refractivity contribution in [2.75, 3.05) is 71.6 Å². The summed E-state index contributed by atoms with van der Waals surface area (Å²) in [5.74, 6) is 0.442. The van der Waals surface area contributed by atoms with Gasteiger partial charge in [-0.15, -0.1) is 0 Å². The Hall–Kier alpha value is -2.67. The summed E-state index contributed by atoms with van der Waals surface area (Å²) >= 11 is 6.51. The third kappa shape index (κ3) is 9.23. The van der Waals surface area contributed by atoms with Gasteiger partial charge in [0.1, 0.15) is 11.4 Å². The first-order chi connectivity index (χ1) is 26.3. The fourth-order valence-corrected chi connectivity index (χ4v) is 11.1. The van der Waals surface area contributed by atoms with Crippen molar-refractivity contribution in [2.24, 2.45) is 17.8 Å². The molecule has 1 amide bonds. The van der Waals surface area contributed by atoms with Crippen LogP contribution in [-0.2, 0) is 25.9 Å². The molecule has 4 aliphatic rings. The van der Waals surface area contributed by atoms with Crippen molar-refractivity contribution in [3.63, 3.8) is 0 Å². The Morgan fingerprint density at radius 2 is 1.76 bits per heavy atom. The van der Waals surface area contributed by atoms with Crippen molar-refractivity contribution in [3.05, 3.63) is 70.3 Å². The molecule has 10 nitrogen and oxygen atoms in total. The number of hydrogen-bond donors (Lipinski definition) is 1. The van der Waals surface area contributed by atoms with Crippen LogP contribution in [0.15, 0.2) is 48.6 Å². The molecule has 2 aromatic carbocycles. The number of carbonyl (C=O) groups excluding carboxylic acids is 1. The molecule has 3 heterocycles. The Labute approximate surface area is 334 Å². The standard InChI is InChI=1S/C43H63ClN4O6S/c1-8-10-33-21-37(44)14-15-38(33)36-26-47-25-35-12-16-39(35)43(53-7,28-46-23-30(3)48(19-20-52-6)31(4)24-46)18-9-11-29(2)32(5)55(50,51)45-42(49)34-13-17-41(54-27-36)40(47)22-34/h9,13-15,17-18,21-22,29-32,35-36,39H,8,10-12,16,19-20,23-28H2,1-7H3,(H,45,49)/b18-9+/t29-,30-,31+,32+,35-,36-,39+,43+/m0/s1. The molecule has 2 fully saturated rings. The SMILES string of the molecule is CCCc1cc(Cl)ccc1[C@@H]1COc2ccc3cc2N(C1)C[C@@H]1CC[C@H]1[C@@](CN1C[C@@H](C)N(CCOC)[C@@H](C)C1)(OC)/C=C/C[C@H](C)[C@@H](C)S(=O)(=O)NC3=O. The van der Waals surface area contributed by atoms with Crippen LogP contribution in [0.3, 0.4) is 0 Å². The van der Waals surface area contributed by atoms with Gasteiger partial charge in [-0.2, -0.15) is 0 Å². The van der Waals surface area contributed by atoms with Gasteiger partial charge in [0.05, 0.1) is 24.2 Å². The van der Waals surface area contributed by atoms with E-state index in [1.165, 1.54) is 11.1 Å². The van der Waals surface area contributed by atoms with Crippen LogP contribution < -0.4 is 14.4 Å². The van der Waals surface area contributed by atoms with Crippen LogP contribution in [0.5, 0.6) is 5.75 Å². The number of allylic oxidation sites excluding steroid dienone is 1. The number of halogens is 1. The molecular formula is C43H63ClN4O6S. The molecule has 1 aliphatic carbocycles. The number of nitrogens with zero attached hydrogens (tertiary/aromatic N) is 3. The summed E-state index contributed by atoms with van der Waals surface area (Å²) in [6, 6.07) is 12.2. The van der Waals surface area contributed by atoms with Gasteiger partial charge in [-0.25, -0.2) is 13.1 Å². The van der Waals surface area contributed by atoms with Gasteiger partial charge in [0, 0.05) is 82.1 Å². The highest BCUT2D eigenvalue weighted by molar-refractivity contribution is 7.90. The van der Waals surface area contributed by atoms with E-state index in [4.69, 9.17) is 25.8 Å². The van der Waals surface area contributed by atoms with Gasteiger partial charge in [0.2, 0.25) is 10.0 Å².